The first kappa shape index (κ1) is 41.8. The molecule has 18 heteroatoms. The predicted octanol–water partition coefficient (Wildman–Crippen LogP) is 4.87. The normalized spacial score (nSPS) is 17.1. The van der Waals surface area contributed by atoms with E-state index < -0.39 is 35.4 Å². The van der Waals surface area contributed by atoms with Gasteiger partial charge in [0.1, 0.15) is 35.8 Å². The highest BCUT2D eigenvalue weighted by Gasteiger charge is 2.40. The quantitative estimate of drug-likeness (QED) is 0.114. The molecule has 8 rings (SSSR count). The second kappa shape index (κ2) is 17.2. The smallest absolute Gasteiger partial charge is 0.411 e. The van der Waals surface area contributed by atoms with Gasteiger partial charge in [-0.2, -0.15) is 5.10 Å². The number of ether oxygens (including phenoxy) is 1. The van der Waals surface area contributed by atoms with Crippen LogP contribution in [0, 0.1) is 11.6 Å². The monoisotopic (exact) mass is 850 g/mol. The van der Waals surface area contributed by atoms with E-state index in [1.165, 1.54) is 27.7 Å². The van der Waals surface area contributed by atoms with E-state index in [9.17, 15) is 34.2 Å². The molecule has 4 aromatic carbocycles. The molecule has 0 bridgehead atoms. The van der Waals surface area contributed by atoms with E-state index in [0.29, 0.717) is 78.3 Å². The Kier molecular flexibility index (Phi) is 11.6. The number of imide groups is 1. The summed E-state index contributed by atoms with van der Waals surface area (Å²) in [4.78, 5) is 68.4. The maximum Gasteiger partial charge on any atom is 0.411 e. The number of hydrogen-bond acceptors (Lipinski definition) is 11. The van der Waals surface area contributed by atoms with E-state index in [1.54, 1.807) is 48.5 Å². The molecule has 4 heterocycles. The van der Waals surface area contributed by atoms with Crippen LogP contribution in [-0.4, -0.2) is 95.7 Å². The number of halogens is 2. The second-order valence-corrected chi connectivity index (χ2v) is 16.0. The van der Waals surface area contributed by atoms with E-state index in [1.807, 2.05) is 13.8 Å². The highest BCUT2D eigenvalue weighted by atomic mass is 19.1. The lowest BCUT2D eigenvalue weighted by Crippen LogP contribution is -2.52. The molecule has 4 amide bonds. The Hall–Kier alpha value is -6.92. The SMILES string of the molecule is CC(C)c1cc(-c2n[nH]c(=O)n2-c2ccc(CN3CCN(Cc4ccc(COC(=O)Nc5cccc6c5CN(C5CCC(=O)NC5=O)C6=O)cc4F)CC3)c(F)c2)c(O)cc1O. The van der Waals surface area contributed by atoms with Crippen LogP contribution in [0.2, 0.25) is 0 Å². The number of aromatic hydroxyl groups is 2. The number of phenols is 2. The number of benzene rings is 4. The lowest BCUT2D eigenvalue weighted by atomic mass is 9.98. The summed E-state index contributed by atoms with van der Waals surface area (Å²) in [5.74, 6) is -2.66. The molecule has 2 fully saturated rings. The van der Waals surface area contributed by atoms with Crippen LogP contribution in [0.15, 0.2) is 71.5 Å². The third kappa shape index (κ3) is 8.51. The molecule has 1 unspecified atom stereocenters. The number of piperazine rings is 1. The van der Waals surface area contributed by atoms with Gasteiger partial charge in [0, 0.05) is 86.2 Å². The Morgan fingerprint density at radius 3 is 2.24 bits per heavy atom. The fourth-order valence-electron chi connectivity index (χ4n) is 8.15. The topological polar surface area (TPSA) is 202 Å². The summed E-state index contributed by atoms with van der Waals surface area (Å²) in [7, 11) is 0. The first-order valence-electron chi connectivity index (χ1n) is 20.2. The summed E-state index contributed by atoms with van der Waals surface area (Å²) >= 11 is 0. The summed E-state index contributed by atoms with van der Waals surface area (Å²) < 4.78 is 37.4. The summed E-state index contributed by atoms with van der Waals surface area (Å²) in [6.07, 6.45) is -0.477. The van der Waals surface area contributed by atoms with Crippen molar-refractivity contribution in [3.8, 4) is 28.6 Å². The first-order valence-corrected chi connectivity index (χ1v) is 20.2. The number of piperidine rings is 1. The van der Waals surface area contributed by atoms with Gasteiger partial charge in [0.15, 0.2) is 5.82 Å². The van der Waals surface area contributed by atoms with E-state index in [-0.39, 0.29) is 72.3 Å². The third-order valence-electron chi connectivity index (χ3n) is 11.5. The summed E-state index contributed by atoms with van der Waals surface area (Å²) in [6.45, 7) is 6.66. The minimum atomic E-state index is -0.807. The van der Waals surface area contributed by atoms with Gasteiger partial charge in [-0.25, -0.2) is 28.0 Å². The molecule has 62 heavy (non-hydrogen) atoms. The summed E-state index contributed by atoms with van der Waals surface area (Å²) in [5, 5.41) is 32.3. The van der Waals surface area contributed by atoms with Gasteiger partial charge in [-0.15, -0.1) is 0 Å². The Morgan fingerprint density at radius 1 is 0.887 bits per heavy atom. The van der Waals surface area contributed by atoms with Crippen LogP contribution in [0.4, 0.5) is 19.3 Å². The van der Waals surface area contributed by atoms with Crippen LogP contribution in [0.5, 0.6) is 11.5 Å². The van der Waals surface area contributed by atoms with Crippen LogP contribution < -0.4 is 16.3 Å². The lowest BCUT2D eigenvalue weighted by Gasteiger charge is -2.34. The average Bonchev–Trinajstić information content (AvgIpc) is 3.78. The third-order valence-corrected chi connectivity index (χ3v) is 11.5. The molecular weight excluding hydrogens is 807 g/mol. The number of hydrogen-bond donors (Lipinski definition) is 5. The van der Waals surface area contributed by atoms with Crippen molar-refractivity contribution in [2.24, 2.45) is 0 Å². The van der Waals surface area contributed by atoms with Gasteiger partial charge in [-0.05, 0) is 59.9 Å². The van der Waals surface area contributed by atoms with Crippen molar-refractivity contribution in [1.29, 1.82) is 0 Å². The van der Waals surface area contributed by atoms with Crippen LogP contribution in [0.25, 0.3) is 17.1 Å². The van der Waals surface area contributed by atoms with Crippen molar-refractivity contribution in [2.45, 2.75) is 64.9 Å². The van der Waals surface area contributed by atoms with Crippen molar-refractivity contribution >= 4 is 29.5 Å². The van der Waals surface area contributed by atoms with Crippen LogP contribution in [0.3, 0.4) is 0 Å². The fourth-order valence-corrected chi connectivity index (χ4v) is 8.15. The number of aromatic nitrogens is 3. The van der Waals surface area contributed by atoms with Crippen LogP contribution in [-0.2, 0) is 40.6 Å². The average molecular weight is 851 g/mol. The highest BCUT2D eigenvalue weighted by Crippen LogP contribution is 2.38. The molecular formula is C44H44F2N8O8. The maximum atomic E-state index is 15.6. The van der Waals surface area contributed by atoms with Gasteiger partial charge in [-0.3, -0.25) is 34.8 Å². The molecule has 5 aromatic rings. The summed E-state index contributed by atoms with van der Waals surface area (Å²) in [5.41, 5.74) is 2.86. The number of nitrogens with one attached hydrogen (secondary N) is 3. The number of fused-ring (bicyclic) bond motifs is 1. The highest BCUT2D eigenvalue weighted by molar-refractivity contribution is 6.06. The van der Waals surface area contributed by atoms with Crippen molar-refractivity contribution in [1.82, 2.24) is 34.8 Å². The van der Waals surface area contributed by atoms with Gasteiger partial charge in [0.25, 0.3) is 5.91 Å². The predicted molar refractivity (Wildman–Crippen MR) is 220 cm³/mol. The molecule has 0 radical (unpaired) electrons. The zero-order valence-corrected chi connectivity index (χ0v) is 33.9. The van der Waals surface area contributed by atoms with Crippen molar-refractivity contribution < 1.29 is 42.9 Å². The standard InChI is InChI=1S/C44H44F2N8O8/c1-24(2)30-18-31(38(56)19-37(30)55)40-49-50-43(60)54(40)28-9-8-27(34(46)17-28)21-52-14-12-51(13-15-52)20-26-7-6-25(16-33(26)45)23-62-44(61)47-35-5-3-4-29-32(35)22-53(42(29)59)36-10-11-39(57)48-41(36)58/h3-9,16-19,24,36,55-56H,10-15,20-23H2,1-2H3,(H,47,61)(H,50,60)(H,48,57,58). The molecule has 0 saturated carbocycles. The lowest BCUT2D eigenvalue weighted by molar-refractivity contribution is -0.136. The first-order chi connectivity index (χ1) is 29.7. The Labute approximate surface area is 353 Å². The number of H-pyrrole nitrogens is 1. The molecule has 16 nitrogen and oxygen atoms in total. The number of amides is 4. The molecule has 2 saturated heterocycles. The largest absolute Gasteiger partial charge is 0.508 e. The Morgan fingerprint density at radius 2 is 1.58 bits per heavy atom. The molecule has 0 spiro atoms. The number of carbonyl (C=O) groups is 4. The molecule has 322 valence electrons. The number of anilines is 1. The molecule has 0 aliphatic carbocycles. The number of phenolic OH excluding ortho intramolecular Hbond substituents is 2. The molecule has 5 N–H and O–H groups in total. The van der Waals surface area contributed by atoms with Crippen molar-refractivity contribution in [3.63, 3.8) is 0 Å². The van der Waals surface area contributed by atoms with Gasteiger partial charge in [0.05, 0.1) is 11.3 Å². The van der Waals surface area contributed by atoms with Crippen LogP contribution in [0.1, 0.15) is 70.8 Å². The zero-order valence-electron chi connectivity index (χ0n) is 33.9. The number of nitrogens with zero attached hydrogens (tertiary/aromatic N) is 5. The van der Waals surface area contributed by atoms with Gasteiger partial charge < -0.3 is 19.8 Å². The van der Waals surface area contributed by atoms with E-state index in [2.05, 4.69) is 30.6 Å². The second-order valence-electron chi connectivity index (χ2n) is 16.0. The summed E-state index contributed by atoms with van der Waals surface area (Å²) in [6, 6.07) is 15.9. The van der Waals surface area contributed by atoms with Gasteiger partial charge >= 0.3 is 11.8 Å². The van der Waals surface area contributed by atoms with E-state index >= 15 is 8.78 Å². The molecule has 1 aromatic heterocycles. The fraction of sp³-hybridized carbons (Fsp3) is 0.318. The Balaban J connectivity index is 0.825. The molecule has 3 aliphatic heterocycles. The minimum Gasteiger partial charge on any atom is -0.508 e. The maximum absolute atomic E-state index is 15.6. The molecule has 1 atom stereocenters. The Bertz CT molecular complexity index is 2660. The minimum absolute atomic E-state index is 0.0651. The van der Waals surface area contributed by atoms with Gasteiger partial charge in [-0.1, -0.05) is 38.1 Å². The van der Waals surface area contributed by atoms with E-state index in [4.69, 9.17) is 4.74 Å². The number of carbonyl (C=O) groups excluding carboxylic acids is 4. The van der Waals surface area contributed by atoms with Gasteiger partial charge in [0.2, 0.25) is 11.8 Å². The van der Waals surface area contributed by atoms with Crippen LogP contribution >= 0.6 is 0 Å². The van der Waals surface area contributed by atoms with E-state index in [0.717, 1.165) is 0 Å². The zero-order chi connectivity index (χ0) is 43.8. The molecule has 3 aliphatic rings. The van der Waals surface area contributed by atoms with Crippen molar-refractivity contribution in [3.05, 3.63) is 122 Å². The van der Waals surface area contributed by atoms with Crippen molar-refractivity contribution in [2.75, 3.05) is 31.5 Å². The number of rotatable bonds is 11. The number of aromatic amines is 1.